The molecule has 1 aromatic heterocycles. The van der Waals surface area contributed by atoms with Crippen molar-refractivity contribution in [2.24, 2.45) is 0 Å². The second-order valence-corrected chi connectivity index (χ2v) is 7.39. The number of anilines is 1. The van der Waals surface area contributed by atoms with E-state index in [2.05, 4.69) is 63.4 Å². The van der Waals surface area contributed by atoms with Gasteiger partial charge in [0.2, 0.25) is 0 Å². The zero-order valence-corrected chi connectivity index (χ0v) is 15.6. The van der Waals surface area contributed by atoms with E-state index < -0.39 is 0 Å². The van der Waals surface area contributed by atoms with E-state index in [1.165, 1.54) is 29.8 Å². The molecule has 24 heavy (non-hydrogen) atoms. The molecule has 0 amide bonds. The molecule has 4 nitrogen and oxygen atoms in total. The standard InChI is InChI=1S/C19H26N4S/c1-15-11-19(21-14-20-15)22(2)17-5-4-10-23(13-17)12-16-6-8-18(24-3)9-7-16/h6-9,11,14,17H,4-5,10,12-13H2,1-3H3. The van der Waals surface area contributed by atoms with Crippen LogP contribution in [-0.2, 0) is 6.54 Å². The third kappa shape index (κ3) is 4.28. The average molecular weight is 343 g/mol. The van der Waals surface area contributed by atoms with Crippen LogP contribution in [0.15, 0.2) is 41.6 Å². The minimum absolute atomic E-state index is 0.513. The lowest BCUT2D eigenvalue weighted by Crippen LogP contribution is -2.46. The van der Waals surface area contributed by atoms with E-state index in [1.807, 2.05) is 6.92 Å². The number of benzene rings is 1. The Bertz CT molecular complexity index is 659. The van der Waals surface area contributed by atoms with E-state index in [9.17, 15) is 0 Å². The summed E-state index contributed by atoms with van der Waals surface area (Å²) in [5.41, 5.74) is 2.42. The molecule has 1 unspecified atom stereocenters. The van der Waals surface area contributed by atoms with Crippen molar-refractivity contribution in [1.82, 2.24) is 14.9 Å². The van der Waals surface area contributed by atoms with Gasteiger partial charge in [0.1, 0.15) is 12.1 Å². The van der Waals surface area contributed by atoms with E-state index in [1.54, 1.807) is 18.1 Å². The minimum Gasteiger partial charge on any atom is -0.355 e. The van der Waals surface area contributed by atoms with Crippen LogP contribution in [0.5, 0.6) is 0 Å². The van der Waals surface area contributed by atoms with Gasteiger partial charge in [0.25, 0.3) is 0 Å². The predicted octanol–water partition coefficient (Wildman–Crippen LogP) is 3.61. The van der Waals surface area contributed by atoms with Gasteiger partial charge in [-0.2, -0.15) is 0 Å². The number of nitrogens with zero attached hydrogens (tertiary/aromatic N) is 4. The SMILES string of the molecule is CSc1ccc(CN2CCCC(N(C)c3cc(C)ncn3)C2)cc1. The van der Waals surface area contributed by atoms with Crippen molar-refractivity contribution in [1.29, 1.82) is 0 Å². The molecule has 1 aromatic carbocycles. The summed E-state index contributed by atoms with van der Waals surface area (Å²) < 4.78 is 0. The number of hydrogen-bond acceptors (Lipinski definition) is 5. The molecule has 0 bridgehead atoms. The zero-order valence-electron chi connectivity index (χ0n) is 14.8. The summed E-state index contributed by atoms with van der Waals surface area (Å²) in [6.45, 7) is 5.31. The van der Waals surface area contributed by atoms with Gasteiger partial charge in [-0.3, -0.25) is 4.90 Å². The van der Waals surface area contributed by atoms with Gasteiger partial charge in [0.15, 0.2) is 0 Å². The van der Waals surface area contributed by atoms with Gasteiger partial charge in [0, 0.05) is 42.8 Å². The van der Waals surface area contributed by atoms with Crippen molar-refractivity contribution in [2.45, 2.75) is 37.2 Å². The number of aromatic nitrogens is 2. The molecule has 1 fully saturated rings. The maximum atomic E-state index is 4.44. The Kier molecular flexibility index (Phi) is 5.74. The number of rotatable bonds is 5. The molecular weight excluding hydrogens is 316 g/mol. The Labute approximate surface area is 149 Å². The topological polar surface area (TPSA) is 32.3 Å². The molecule has 0 spiro atoms. The Balaban J connectivity index is 1.63. The summed E-state index contributed by atoms with van der Waals surface area (Å²) in [6.07, 6.45) is 6.24. The molecule has 5 heteroatoms. The maximum Gasteiger partial charge on any atom is 0.132 e. The van der Waals surface area contributed by atoms with Crippen molar-refractivity contribution in [3.63, 3.8) is 0 Å². The van der Waals surface area contributed by atoms with E-state index >= 15 is 0 Å². The van der Waals surface area contributed by atoms with Crippen LogP contribution >= 0.6 is 11.8 Å². The number of thioether (sulfide) groups is 1. The second kappa shape index (κ2) is 7.99. The highest BCUT2D eigenvalue weighted by molar-refractivity contribution is 7.98. The number of hydrogen-bond donors (Lipinski definition) is 0. The molecule has 0 radical (unpaired) electrons. The molecular formula is C19H26N4S. The van der Waals surface area contributed by atoms with Crippen LogP contribution < -0.4 is 4.90 Å². The van der Waals surface area contributed by atoms with Crippen LogP contribution in [0.2, 0.25) is 0 Å². The fourth-order valence-corrected chi connectivity index (χ4v) is 3.71. The first-order valence-electron chi connectivity index (χ1n) is 8.52. The molecule has 0 aliphatic carbocycles. The Morgan fingerprint density at radius 2 is 2.04 bits per heavy atom. The summed E-state index contributed by atoms with van der Waals surface area (Å²) in [6, 6.07) is 11.5. The molecule has 128 valence electrons. The number of aryl methyl sites for hydroxylation is 1. The maximum absolute atomic E-state index is 4.44. The van der Waals surface area contributed by atoms with Crippen molar-refractivity contribution in [3.8, 4) is 0 Å². The molecule has 0 N–H and O–H groups in total. The van der Waals surface area contributed by atoms with Gasteiger partial charge in [-0.25, -0.2) is 9.97 Å². The summed E-state index contributed by atoms with van der Waals surface area (Å²) in [4.78, 5) is 14.8. The summed E-state index contributed by atoms with van der Waals surface area (Å²) in [7, 11) is 2.16. The fourth-order valence-electron chi connectivity index (χ4n) is 3.30. The van der Waals surface area contributed by atoms with E-state index in [0.29, 0.717) is 6.04 Å². The molecule has 2 aromatic rings. The van der Waals surface area contributed by atoms with E-state index in [-0.39, 0.29) is 0 Å². The lowest BCUT2D eigenvalue weighted by atomic mass is 10.0. The summed E-state index contributed by atoms with van der Waals surface area (Å²) in [5, 5.41) is 0. The first-order chi connectivity index (χ1) is 11.7. The van der Waals surface area contributed by atoms with Crippen molar-refractivity contribution in [2.75, 3.05) is 31.3 Å². The number of likely N-dealkylation sites (tertiary alicyclic amines) is 1. The third-order valence-electron chi connectivity index (χ3n) is 4.74. The first-order valence-corrected chi connectivity index (χ1v) is 9.75. The van der Waals surface area contributed by atoms with Crippen molar-refractivity contribution < 1.29 is 0 Å². The number of piperidine rings is 1. The molecule has 1 saturated heterocycles. The quantitative estimate of drug-likeness (QED) is 0.775. The van der Waals surface area contributed by atoms with E-state index in [4.69, 9.17) is 0 Å². The smallest absolute Gasteiger partial charge is 0.132 e. The van der Waals surface area contributed by atoms with Crippen LogP contribution in [0.1, 0.15) is 24.1 Å². The lowest BCUT2D eigenvalue weighted by molar-refractivity contribution is 0.198. The highest BCUT2D eigenvalue weighted by Gasteiger charge is 2.24. The lowest BCUT2D eigenvalue weighted by Gasteiger charge is -2.38. The largest absolute Gasteiger partial charge is 0.355 e. The molecule has 0 saturated carbocycles. The Morgan fingerprint density at radius 3 is 2.75 bits per heavy atom. The molecule has 3 rings (SSSR count). The molecule has 1 aliphatic rings. The van der Waals surface area contributed by atoms with Crippen molar-refractivity contribution >= 4 is 17.6 Å². The van der Waals surface area contributed by atoms with Crippen LogP contribution in [0.4, 0.5) is 5.82 Å². The van der Waals surface area contributed by atoms with Crippen LogP contribution in [-0.4, -0.2) is 47.3 Å². The number of likely N-dealkylation sites (N-methyl/N-ethyl adjacent to an activating group) is 1. The Morgan fingerprint density at radius 1 is 1.25 bits per heavy atom. The first kappa shape index (κ1) is 17.2. The van der Waals surface area contributed by atoms with Gasteiger partial charge in [0.05, 0.1) is 0 Å². The molecule has 2 heterocycles. The normalized spacial score (nSPS) is 18.5. The summed E-state index contributed by atoms with van der Waals surface area (Å²) in [5.74, 6) is 1.03. The van der Waals surface area contributed by atoms with E-state index in [0.717, 1.165) is 24.6 Å². The van der Waals surface area contributed by atoms with Gasteiger partial charge in [-0.1, -0.05) is 12.1 Å². The second-order valence-electron chi connectivity index (χ2n) is 6.51. The molecule has 1 aliphatic heterocycles. The highest BCUT2D eigenvalue weighted by atomic mass is 32.2. The summed E-state index contributed by atoms with van der Waals surface area (Å²) >= 11 is 1.79. The van der Waals surface area contributed by atoms with Gasteiger partial charge >= 0.3 is 0 Å². The molecule has 1 atom stereocenters. The van der Waals surface area contributed by atoms with Gasteiger partial charge < -0.3 is 4.90 Å². The monoisotopic (exact) mass is 342 g/mol. The minimum atomic E-state index is 0.513. The van der Waals surface area contributed by atoms with Crippen LogP contribution in [0.3, 0.4) is 0 Å². The Hall–Kier alpha value is -1.59. The van der Waals surface area contributed by atoms with Gasteiger partial charge in [-0.05, 0) is 50.3 Å². The fraction of sp³-hybridized carbons (Fsp3) is 0.474. The van der Waals surface area contributed by atoms with Crippen LogP contribution in [0.25, 0.3) is 0 Å². The highest BCUT2D eigenvalue weighted by Crippen LogP contribution is 2.22. The van der Waals surface area contributed by atoms with Crippen LogP contribution in [0, 0.1) is 6.92 Å². The van der Waals surface area contributed by atoms with Crippen molar-refractivity contribution in [3.05, 3.63) is 47.9 Å². The predicted molar refractivity (Wildman–Crippen MR) is 102 cm³/mol. The van der Waals surface area contributed by atoms with Gasteiger partial charge in [-0.15, -0.1) is 11.8 Å². The average Bonchev–Trinajstić information content (AvgIpc) is 2.62. The zero-order chi connectivity index (χ0) is 16.9. The third-order valence-corrected chi connectivity index (χ3v) is 5.49.